The summed E-state index contributed by atoms with van der Waals surface area (Å²) in [6, 6.07) is 15.1. The second-order valence-corrected chi connectivity index (χ2v) is 10.1. The Morgan fingerprint density at radius 2 is 1.62 bits per heavy atom. The molecule has 0 radical (unpaired) electrons. The molecule has 2 aromatic rings. The number of sulfonamides is 1. The van der Waals surface area contributed by atoms with Crippen molar-refractivity contribution in [3.05, 3.63) is 60.2 Å². The summed E-state index contributed by atoms with van der Waals surface area (Å²) < 4.78 is 32.0. The highest BCUT2D eigenvalue weighted by Gasteiger charge is 2.31. The monoisotopic (exact) mass is 489 g/mol. The van der Waals surface area contributed by atoms with Crippen LogP contribution in [0.25, 0.3) is 0 Å². The van der Waals surface area contributed by atoms with Gasteiger partial charge in [0.05, 0.1) is 18.6 Å². The van der Waals surface area contributed by atoms with Gasteiger partial charge in [0.15, 0.2) is 0 Å². The first-order chi connectivity index (χ1) is 16.1. The summed E-state index contributed by atoms with van der Waals surface area (Å²) in [6.07, 6.45) is 1.80. The Kier molecular flexibility index (Phi) is 9.92. The quantitative estimate of drug-likeness (QED) is 0.494. The van der Waals surface area contributed by atoms with E-state index in [9.17, 15) is 18.0 Å². The highest BCUT2D eigenvalue weighted by molar-refractivity contribution is 7.92. The number of nitrogens with one attached hydrogen (secondary N) is 1. The lowest BCUT2D eigenvalue weighted by atomic mass is 10.1. The number of hydrogen-bond donors (Lipinski definition) is 1. The van der Waals surface area contributed by atoms with E-state index in [1.807, 2.05) is 44.2 Å². The smallest absolute Gasteiger partial charge is 0.244 e. The fourth-order valence-electron chi connectivity index (χ4n) is 3.36. The minimum Gasteiger partial charge on any atom is -0.492 e. The van der Waals surface area contributed by atoms with Crippen LogP contribution in [0.1, 0.15) is 39.7 Å². The Bertz CT molecular complexity index is 1060. The van der Waals surface area contributed by atoms with E-state index in [1.54, 1.807) is 38.1 Å². The van der Waals surface area contributed by atoms with Gasteiger partial charge in [0.25, 0.3) is 0 Å². The molecule has 186 valence electrons. The molecule has 0 heterocycles. The SMILES string of the molecule is CCOc1ccccc1N(CC(=O)N(Cc1ccccc1)[C@@H](C)C(=O)N[C@@H](C)CC)S(C)(=O)=O. The summed E-state index contributed by atoms with van der Waals surface area (Å²) in [5.41, 5.74) is 1.11. The Morgan fingerprint density at radius 3 is 2.21 bits per heavy atom. The van der Waals surface area contributed by atoms with E-state index in [0.717, 1.165) is 22.5 Å². The van der Waals surface area contributed by atoms with Crippen LogP contribution in [0.3, 0.4) is 0 Å². The van der Waals surface area contributed by atoms with Gasteiger partial charge >= 0.3 is 0 Å². The molecule has 0 aromatic heterocycles. The number of ether oxygens (including phenoxy) is 1. The van der Waals surface area contributed by atoms with Crippen LogP contribution >= 0.6 is 0 Å². The van der Waals surface area contributed by atoms with Crippen LogP contribution in [0.5, 0.6) is 5.75 Å². The molecular formula is C25H35N3O5S. The third kappa shape index (κ3) is 7.48. The third-order valence-corrected chi connectivity index (χ3v) is 6.60. The maximum Gasteiger partial charge on any atom is 0.244 e. The molecule has 8 nitrogen and oxygen atoms in total. The van der Waals surface area contributed by atoms with Crippen molar-refractivity contribution >= 4 is 27.5 Å². The number of carbonyl (C=O) groups is 2. The van der Waals surface area contributed by atoms with E-state index >= 15 is 0 Å². The largest absolute Gasteiger partial charge is 0.492 e. The van der Waals surface area contributed by atoms with Gasteiger partial charge < -0.3 is 15.0 Å². The van der Waals surface area contributed by atoms with E-state index in [1.165, 1.54) is 4.90 Å². The minimum atomic E-state index is -3.82. The Balaban J connectivity index is 2.40. The van der Waals surface area contributed by atoms with Gasteiger partial charge in [-0.25, -0.2) is 8.42 Å². The lowest BCUT2D eigenvalue weighted by Crippen LogP contribution is -2.52. The zero-order valence-electron chi connectivity index (χ0n) is 20.5. The van der Waals surface area contributed by atoms with Gasteiger partial charge in [-0.15, -0.1) is 0 Å². The van der Waals surface area contributed by atoms with Crippen LogP contribution in [0, 0.1) is 0 Å². The van der Waals surface area contributed by atoms with E-state index in [4.69, 9.17) is 4.74 Å². The van der Waals surface area contributed by atoms with Crippen LogP contribution in [0.4, 0.5) is 5.69 Å². The molecule has 0 saturated heterocycles. The molecular weight excluding hydrogens is 454 g/mol. The molecule has 0 bridgehead atoms. The predicted molar refractivity (Wildman–Crippen MR) is 134 cm³/mol. The van der Waals surface area contributed by atoms with E-state index in [0.29, 0.717) is 12.4 Å². The zero-order valence-corrected chi connectivity index (χ0v) is 21.3. The summed E-state index contributed by atoms with van der Waals surface area (Å²) in [5, 5.41) is 2.91. The van der Waals surface area contributed by atoms with Crippen molar-refractivity contribution in [2.75, 3.05) is 23.7 Å². The molecule has 0 aliphatic rings. The summed E-state index contributed by atoms with van der Waals surface area (Å²) >= 11 is 0. The van der Waals surface area contributed by atoms with Crippen molar-refractivity contribution in [1.82, 2.24) is 10.2 Å². The summed E-state index contributed by atoms with van der Waals surface area (Å²) in [6.45, 7) is 7.35. The first kappa shape index (κ1) is 27.2. The lowest BCUT2D eigenvalue weighted by molar-refractivity contribution is -0.139. The maximum atomic E-state index is 13.5. The van der Waals surface area contributed by atoms with Gasteiger partial charge in [0, 0.05) is 12.6 Å². The van der Waals surface area contributed by atoms with Gasteiger partial charge in [0.1, 0.15) is 18.3 Å². The van der Waals surface area contributed by atoms with Crippen molar-refractivity contribution in [3.8, 4) is 5.75 Å². The Hall–Kier alpha value is -3.07. The third-order valence-electron chi connectivity index (χ3n) is 5.48. The zero-order chi connectivity index (χ0) is 25.3. The topological polar surface area (TPSA) is 96.0 Å². The van der Waals surface area contributed by atoms with Crippen molar-refractivity contribution in [1.29, 1.82) is 0 Å². The molecule has 9 heteroatoms. The molecule has 0 spiro atoms. The summed E-state index contributed by atoms with van der Waals surface area (Å²) in [4.78, 5) is 27.8. The minimum absolute atomic E-state index is 0.0470. The average molecular weight is 490 g/mol. The number of nitrogens with zero attached hydrogens (tertiary/aromatic N) is 2. The second-order valence-electron chi connectivity index (χ2n) is 8.17. The molecule has 1 N–H and O–H groups in total. The average Bonchev–Trinajstić information content (AvgIpc) is 2.81. The van der Waals surface area contributed by atoms with Gasteiger partial charge in [-0.2, -0.15) is 0 Å². The molecule has 0 unspecified atom stereocenters. The summed E-state index contributed by atoms with van der Waals surface area (Å²) in [5.74, 6) is -0.424. The molecule has 2 amide bonds. The number of rotatable bonds is 12. The van der Waals surface area contributed by atoms with E-state index in [2.05, 4.69) is 5.32 Å². The standard InChI is InChI=1S/C25H35N3O5S/c1-6-19(3)26-25(30)20(4)27(17-21-13-9-8-10-14-21)24(29)18-28(34(5,31)32)22-15-11-12-16-23(22)33-7-2/h8-16,19-20H,6-7,17-18H2,1-5H3,(H,26,30)/t19-,20-/m0/s1. The first-order valence-corrected chi connectivity index (χ1v) is 13.3. The number of anilines is 1. The van der Waals surface area contributed by atoms with Crippen LogP contribution < -0.4 is 14.4 Å². The summed E-state index contributed by atoms with van der Waals surface area (Å²) in [7, 11) is -3.82. The fourth-order valence-corrected chi connectivity index (χ4v) is 4.22. The number of para-hydroxylation sites is 2. The van der Waals surface area contributed by atoms with Crippen LogP contribution in [-0.4, -0.2) is 56.6 Å². The fraction of sp³-hybridized carbons (Fsp3) is 0.440. The maximum absolute atomic E-state index is 13.5. The molecule has 0 fully saturated rings. The first-order valence-electron chi connectivity index (χ1n) is 11.4. The van der Waals surface area contributed by atoms with Crippen molar-refractivity contribution in [3.63, 3.8) is 0 Å². The Labute approximate surface area is 202 Å². The van der Waals surface area contributed by atoms with Gasteiger partial charge in [-0.05, 0) is 44.9 Å². The molecule has 2 atom stereocenters. The molecule has 34 heavy (non-hydrogen) atoms. The van der Waals surface area contributed by atoms with Crippen LogP contribution in [0.15, 0.2) is 54.6 Å². The van der Waals surface area contributed by atoms with Gasteiger partial charge in [0.2, 0.25) is 21.8 Å². The second kappa shape index (κ2) is 12.4. The van der Waals surface area contributed by atoms with E-state index < -0.39 is 28.5 Å². The van der Waals surface area contributed by atoms with Crippen molar-refractivity contribution in [2.24, 2.45) is 0 Å². The number of amides is 2. The molecule has 2 rings (SSSR count). The molecule has 0 aliphatic heterocycles. The number of benzene rings is 2. The van der Waals surface area contributed by atoms with Crippen LogP contribution in [-0.2, 0) is 26.2 Å². The normalized spacial score (nSPS) is 13.0. The number of carbonyl (C=O) groups excluding carboxylic acids is 2. The highest BCUT2D eigenvalue weighted by Crippen LogP contribution is 2.30. The molecule has 0 saturated carbocycles. The van der Waals surface area contributed by atoms with Gasteiger partial charge in [-0.1, -0.05) is 49.4 Å². The van der Waals surface area contributed by atoms with E-state index in [-0.39, 0.29) is 24.2 Å². The predicted octanol–water partition coefficient (Wildman–Crippen LogP) is 3.18. The Morgan fingerprint density at radius 1 is 1.00 bits per heavy atom. The van der Waals surface area contributed by atoms with Crippen molar-refractivity contribution in [2.45, 2.75) is 52.7 Å². The van der Waals surface area contributed by atoms with Crippen LogP contribution in [0.2, 0.25) is 0 Å². The number of hydrogen-bond acceptors (Lipinski definition) is 5. The lowest BCUT2D eigenvalue weighted by Gasteiger charge is -2.32. The molecule has 2 aromatic carbocycles. The van der Waals surface area contributed by atoms with Gasteiger partial charge in [-0.3, -0.25) is 13.9 Å². The molecule has 0 aliphatic carbocycles. The van der Waals surface area contributed by atoms with Crippen molar-refractivity contribution < 1.29 is 22.7 Å². The highest BCUT2D eigenvalue weighted by atomic mass is 32.2.